The molecular formula is C17H31N3S. The highest BCUT2D eigenvalue weighted by Gasteiger charge is 2.15. The second-order valence-corrected chi connectivity index (χ2v) is 7.63. The summed E-state index contributed by atoms with van der Waals surface area (Å²) >= 11 is 1.92. The fraction of sp³-hybridized carbons (Fsp3) is 0.765. The SMILES string of the molecule is Cc1nc(CSCC(C)C)nc(C)c1C(C)CNC(C)C. The van der Waals surface area contributed by atoms with Crippen molar-refractivity contribution in [1.29, 1.82) is 0 Å². The van der Waals surface area contributed by atoms with E-state index in [1.807, 2.05) is 11.8 Å². The summed E-state index contributed by atoms with van der Waals surface area (Å²) in [4.78, 5) is 9.44. The summed E-state index contributed by atoms with van der Waals surface area (Å²) in [7, 11) is 0. The van der Waals surface area contributed by atoms with Crippen LogP contribution in [0.15, 0.2) is 0 Å². The van der Waals surface area contributed by atoms with E-state index in [4.69, 9.17) is 9.97 Å². The highest BCUT2D eigenvalue weighted by molar-refractivity contribution is 7.98. The van der Waals surface area contributed by atoms with Crippen molar-refractivity contribution in [3.05, 3.63) is 22.8 Å². The predicted octanol–water partition coefficient (Wildman–Crippen LogP) is 4.08. The number of hydrogen-bond donors (Lipinski definition) is 1. The molecule has 1 aromatic rings. The molecule has 0 spiro atoms. The third kappa shape index (κ3) is 6.35. The van der Waals surface area contributed by atoms with E-state index in [1.165, 1.54) is 5.56 Å². The molecule has 0 aliphatic rings. The molecular weight excluding hydrogens is 278 g/mol. The third-order valence-corrected chi connectivity index (χ3v) is 4.75. The molecule has 1 heterocycles. The number of aryl methyl sites for hydroxylation is 2. The van der Waals surface area contributed by atoms with Crippen molar-refractivity contribution in [2.75, 3.05) is 12.3 Å². The molecule has 0 aliphatic heterocycles. The summed E-state index contributed by atoms with van der Waals surface area (Å²) < 4.78 is 0. The highest BCUT2D eigenvalue weighted by atomic mass is 32.2. The Kier molecular flexibility index (Phi) is 7.67. The quantitative estimate of drug-likeness (QED) is 0.785. The first kappa shape index (κ1) is 18.4. The summed E-state index contributed by atoms with van der Waals surface area (Å²) in [5.41, 5.74) is 3.59. The van der Waals surface area contributed by atoms with Gasteiger partial charge in [-0.3, -0.25) is 0 Å². The van der Waals surface area contributed by atoms with Crippen LogP contribution in [-0.2, 0) is 5.75 Å². The fourth-order valence-electron chi connectivity index (χ4n) is 2.47. The standard InChI is InChI=1S/C17H31N3S/c1-11(2)9-21-10-16-19-14(6)17(15(7)20-16)13(5)8-18-12(3)4/h11-13,18H,8-10H2,1-7H3. The van der Waals surface area contributed by atoms with Gasteiger partial charge < -0.3 is 5.32 Å². The van der Waals surface area contributed by atoms with Crippen molar-refractivity contribution >= 4 is 11.8 Å². The monoisotopic (exact) mass is 309 g/mol. The van der Waals surface area contributed by atoms with E-state index < -0.39 is 0 Å². The van der Waals surface area contributed by atoms with Crippen LogP contribution in [0.4, 0.5) is 0 Å². The molecule has 0 amide bonds. The van der Waals surface area contributed by atoms with E-state index in [0.29, 0.717) is 12.0 Å². The Bertz CT molecular complexity index is 421. The first-order valence-corrected chi connectivity index (χ1v) is 9.11. The molecule has 4 heteroatoms. The Morgan fingerprint density at radius 1 is 1.00 bits per heavy atom. The van der Waals surface area contributed by atoms with Crippen molar-refractivity contribution in [2.24, 2.45) is 5.92 Å². The number of nitrogens with one attached hydrogen (secondary N) is 1. The van der Waals surface area contributed by atoms with Crippen LogP contribution in [0.25, 0.3) is 0 Å². The number of rotatable bonds is 8. The van der Waals surface area contributed by atoms with Crippen molar-refractivity contribution in [2.45, 2.75) is 66.2 Å². The average Bonchev–Trinajstić information content (AvgIpc) is 2.35. The van der Waals surface area contributed by atoms with Crippen LogP contribution in [0.3, 0.4) is 0 Å². The third-order valence-electron chi connectivity index (χ3n) is 3.38. The van der Waals surface area contributed by atoms with Gasteiger partial charge in [0.05, 0.1) is 5.75 Å². The van der Waals surface area contributed by atoms with Crippen molar-refractivity contribution in [1.82, 2.24) is 15.3 Å². The maximum Gasteiger partial charge on any atom is 0.138 e. The summed E-state index contributed by atoms with van der Waals surface area (Å²) in [5.74, 6) is 4.23. The van der Waals surface area contributed by atoms with Crippen LogP contribution >= 0.6 is 11.8 Å². The minimum absolute atomic E-state index is 0.449. The number of aromatic nitrogens is 2. The van der Waals surface area contributed by atoms with Gasteiger partial charge in [-0.25, -0.2) is 9.97 Å². The maximum atomic E-state index is 4.72. The zero-order valence-electron chi connectivity index (χ0n) is 14.7. The van der Waals surface area contributed by atoms with Gasteiger partial charge >= 0.3 is 0 Å². The van der Waals surface area contributed by atoms with E-state index in [1.54, 1.807) is 0 Å². The van der Waals surface area contributed by atoms with Crippen LogP contribution in [-0.4, -0.2) is 28.3 Å². The molecule has 0 fully saturated rings. The zero-order chi connectivity index (χ0) is 16.0. The Hall–Kier alpha value is -0.610. The maximum absolute atomic E-state index is 4.72. The Balaban J connectivity index is 2.75. The van der Waals surface area contributed by atoms with Crippen LogP contribution in [0.1, 0.15) is 63.3 Å². The molecule has 0 radical (unpaired) electrons. The topological polar surface area (TPSA) is 37.8 Å². The largest absolute Gasteiger partial charge is 0.314 e. The minimum Gasteiger partial charge on any atom is -0.314 e. The van der Waals surface area contributed by atoms with E-state index in [-0.39, 0.29) is 0 Å². The van der Waals surface area contributed by atoms with Crippen molar-refractivity contribution in [3.63, 3.8) is 0 Å². The molecule has 1 unspecified atom stereocenters. The lowest BCUT2D eigenvalue weighted by Crippen LogP contribution is -2.28. The van der Waals surface area contributed by atoms with Crippen molar-refractivity contribution in [3.8, 4) is 0 Å². The molecule has 1 rings (SSSR count). The van der Waals surface area contributed by atoms with E-state index in [2.05, 4.69) is 53.8 Å². The van der Waals surface area contributed by atoms with Gasteiger partial charge in [0.15, 0.2) is 0 Å². The van der Waals surface area contributed by atoms with Crippen LogP contribution in [0.2, 0.25) is 0 Å². The van der Waals surface area contributed by atoms with Crippen molar-refractivity contribution < 1.29 is 0 Å². The molecule has 1 atom stereocenters. The molecule has 0 saturated heterocycles. The summed E-state index contributed by atoms with van der Waals surface area (Å²) in [6.45, 7) is 16.3. The van der Waals surface area contributed by atoms with Crippen LogP contribution in [0, 0.1) is 19.8 Å². The van der Waals surface area contributed by atoms with Gasteiger partial charge in [-0.2, -0.15) is 11.8 Å². The summed E-state index contributed by atoms with van der Waals surface area (Å²) in [6, 6.07) is 0.515. The number of thioether (sulfide) groups is 1. The Morgan fingerprint density at radius 3 is 2.05 bits per heavy atom. The second-order valence-electron chi connectivity index (χ2n) is 6.60. The van der Waals surface area contributed by atoms with E-state index >= 15 is 0 Å². The molecule has 1 N–H and O–H groups in total. The molecule has 0 aliphatic carbocycles. The molecule has 3 nitrogen and oxygen atoms in total. The fourth-order valence-corrected chi connectivity index (χ4v) is 3.37. The molecule has 120 valence electrons. The normalized spacial score (nSPS) is 13.2. The van der Waals surface area contributed by atoms with Crippen LogP contribution < -0.4 is 5.32 Å². The lowest BCUT2D eigenvalue weighted by Gasteiger charge is -2.19. The lowest BCUT2D eigenvalue weighted by atomic mass is 9.98. The predicted molar refractivity (Wildman–Crippen MR) is 94.1 cm³/mol. The Labute approximate surface area is 134 Å². The van der Waals surface area contributed by atoms with Gasteiger partial charge in [-0.05, 0) is 37.0 Å². The smallest absolute Gasteiger partial charge is 0.138 e. The second kappa shape index (κ2) is 8.74. The molecule has 1 aromatic heterocycles. The van der Waals surface area contributed by atoms with Gasteiger partial charge in [0.2, 0.25) is 0 Å². The Morgan fingerprint density at radius 2 is 1.57 bits per heavy atom. The van der Waals surface area contributed by atoms with Gasteiger partial charge in [0, 0.05) is 24.0 Å². The highest BCUT2D eigenvalue weighted by Crippen LogP contribution is 2.22. The first-order chi connectivity index (χ1) is 9.81. The average molecular weight is 310 g/mol. The molecule has 0 bridgehead atoms. The number of nitrogens with zero attached hydrogens (tertiary/aromatic N) is 2. The van der Waals surface area contributed by atoms with Gasteiger partial charge in [0.25, 0.3) is 0 Å². The molecule has 0 saturated carbocycles. The number of hydrogen-bond acceptors (Lipinski definition) is 4. The minimum atomic E-state index is 0.449. The van der Waals surface area contributed by atoms with Crippen LogP contribution in [0.5, 0.6) is 0 Å². The molecule has 21 heavy (non-hydrogen) atoms. The van der Waals surface area contributed by atoms with Gasteiger partial charge in [-0.1, -0.05) is 34.6 Å². The molecule has 0 aromatic carbocycles. The lowest BCUT2D eigenvalue weighted by molar-refractivity contribution is 0.543. The van der Waals surface area contributed by atoms with E-state index in [9.17, 15) is 0 Å². The van der Waals surface area contributed by atoms with E-state index in [0.717, 1.165) is 41.2 Å². The summed E-state index contributed by atoms with van der Waals surface area (Å²) in [6.07, 6.45) is 0. The zero-order valence-corrected chi connectivity index (χ0v) is 15.5. The van der Waals surface area contributed by atoms with Gasteiger partial charge in [0.1, 0.15) is 5.82 Å². The summed E-state index contributed by atoms with van der Waals surface area (Å²) in [5, 5.41) is 3.50. The first-order valence-electron chi connectivity index (χ1n) is 7.96. The van der Waals surface area contributed by atoms with Gasteiger partial charge in [-0.15, -0.1) is 0 Å².